The van der Waals surface area contributed by atoms with Gasteiger partial charge in [0, 0.05) is 18.3 Å². The highest BCUT2D eigenvalue weighted by Gasteiger charge is 2.39. The van der Waals surface area contributed by atoms with E-state index in [9.17, 15) is 18.0 Å². The van der Waals surface area contributed by atoms with Crippen molar-refractivity contribution in [3.8, 4) is 0 Å². The van der Waals surface area contributed by atoms with Crippen molar-refractivity contribution < 1.29 is 18.0 Å². The van der Waals surface area contributed by atoms with Crippen LogP contribution >= 0.6 is 0 Å². The molecular weight excluding hydrogens is 209 g/mol. The zero-order valence-corrected chi connectivity index (χ0v) is 7.71. The van der Waals surface area contributed by atoms with Crippen LogP contribution in [0.4, 0.5) is 19.0 Å². The van der Waals surface area contributed by atoms with Crippen LogP contribution in [0.15, 0.2) is 24.9 Å². The molecule has 0 aliphatic heterocycles. The summed E-state index contributed by atoms with van der Waals surface area (Å²) in [5.41, 5.74) is 4.95. The van der Waals surface area contributed by atoms with Gasteiger partial charge in [0.25, 0.3) is 5.78 Å². The second-order valence-electron chi connectivity index (χ2n) is 2.92. The lowest BCUT2D eigenvalue weighted by Gasteiger charge is -2.01. The van der Waals surface area contributed by atoms with Gasteiger partial charge < -0.3 is 10.3 Å². The minimum Gasteiger partial charge on any atom is -0.385 e. The first-order valence-electron chi connectivity index (χ1n) is 4.04. The molecule has 6 heteroatoms. The fourth-order valence-electron chi connectivity index (χ4n) is 1.11. The van der Waals surface area contributed by atoms with E-state index in [0.29, 0.717) is 0 Å². The van der Waals surface area contributed by atoms with Gasteiger partial charge in [0.1, 0.15) is 5.82 Å². The van der Waals surface area contributed by atoms with E-state index in [4.69, 9.17) is 5.73 Å². The molecule has 1 aromatic heterocycles. The summed E-state index contributed by atoms with van der Waals surface area (Å²) in [4.78, 5) is 10.8. The van der Waals surface area contributed by atoms with Crippen molar-refractivity contribution in [2.45, 2.75) is 12.7 Å². The normalized spacial score (nSPS) is 11.4. The molecule has 0 saturated heterocycles. The third-order valence-corrected chi connectivity index (χ3v) is 1.78. The molecule has 0 atom stereocenters. The van der Waals surface area contributed by atoms with Gasteiger partial charge in [-0.1, -0.05) is 6.08 Å². The maximum Gasteiger partial charge on any atom is 0.454 e. The van der Waals surface area contributed by atoms with Crippen molar-refractivity contribution in [1.29, 1.82) is 0 Å². The number of halogens is 3. The molecule has 0 bridgehead atoms. The summed E-state index contributed by atoms with van der Waals surface area (Å²) in [6.45, 7) is 3.68. The Morgan fingerprint density at radius 1 is 1.60 bits per heavy atom. The first-order valence-corrected chi connectivity index (χ1v) is 4.04. The van der Waals surface area contributed by atoms with Gasteiger partial charge in [0.2, 0.25) is 0 Å². The van der Waals surface area contributed by atoms with E-state index in [1.165, 1.54) is 10.6 Å². The predicted octanol–water partition coefficient (Wildman–Crippen LogP) is 2.00. The van der Waals surface area contributed by atoms with Crippen molar-refractivity contribution in [3.05, 3.63) is 30.5 Å². The van der Waals surface area contributed by atoms with E-state index in [1.54, 1.807) is 0 Å². The van der Waals surface area contributed by atoms with E-state index >= 15 is 0 Å². The number of ketones is 1. The summed E-state index contributed by atoms with van der Waals surface area (Å²) in [6, 6.07) is 0.999. The van der Waals surface area contributed by atoms with Gasteiger partial charge in [-0.25, -0.2) is 0 Å². The molecule has 0 unspecified atom stereocenters. The zero-order valence-electron chi connectivity index (χ0n) is 7.71. The Morgan fingerprint density at radius 3 is 2.67 bits per heavy atom. The number of hydrogen-bond acceptors (Lipinski definition) is 2. The quantitative estimate of drug-likeness (QED) is 0.623. The second kappa shape index (κ2) is 3.80. The highest BCUT2D eigenvalue weighted by Crippen LogP contribution is 2.23. The Bertz CT molecular complexity index is 393. The number of aromatic nitrogens is 1. The Labute approximate surface area is 84.0 Å². The second-order valence-corrected chi connectivity index (χ2v) is 2.92. The van der Waals surface area contributed by atoms with Crippen LogP contribution in [-0.2, 0) is 6.54 Å². The molecule has 0 aliphatic rings. The van der Waals surface area contributed by atoms with Crippen LogP contribution in [0.25, 0.3) is 0 Å². The van der Waals surface area contributed by atoms with Crippen molar-refractivity contribution >= 4 is 11.6 Å². The van der Waals surface area contributed by atoms with Gasteiger partial charge in [-0.3, -0.25) is 4.79 Å². The number of carbonyl (C=O) groups excluding carboxylic acids is 1. The average Bonchev–Trinajstić information content (AvgIpc) is 2.46. The molecule has 1 aromatic rings. The molecule has 0 saturated carbocycles. The summed E-state index contributed by atoms with van der Waals surface area (Å²) in [5.74, 6) is -1.79. The standard InChI is InChI=1S/C9H9F3N2O/c1-2-3-14-5-6(4-7(14)13)8(15)9(10,11)12/h2,4-5H,1,3,13H2. The fourth-order valence-corrected chi connectivity index (χ4v) is 1.11. The lowest BCUT2D eigenvalue weighted by atomic mass is 10.2. The highest BCUT2D eigenvalue weighted by atomic mass is 19.4. The van der Waals surface area contributed by atoms with Gasteiger partial charge in [-0.2, -0.15) is 13.2 Å². The summed E-state index contributed by atoms with van der Waals surface area (Å²) in [6.07, 6.45) is -2.34. The largest absolute Gasteiger partial charge is 0.454 e. The average molecular weight is 218 g/mol. The molecule has 1 heterocycles. The summed E-state index contributed by atoms with van der Waals surface area (Å²) in [5, 5.41) is 0. The Balaban J connectivity index is 3.02. The molecule has 82 valence electrons. The molecule has 0 amide bonds. The van der Waals surface area contributed by atoms with Gasteiger partial charge in [0.15, 0.2) is 0 Å². The van der Waals surface area contributed by atoms with Crippen LogP contribution in [-0.4, -0.2) is 16.5 Å². The van der Waals surface area contributed by atoms with E-state index in [0.717, 1.165) is 12.3 Å². The molecule has 0 radical (unpaired) electrons. The molecule has 1 rings (SSSR count). The van der Waals surface area contributed by atoms with Crippen molar-refractivity contribution in [2.24, 2.45) is 0 Å². The van der Waals surface area contributed by atoms with Crippen LogP contribution < -0.4 is 5.73 Å². The van der Waals surface area contributed by atoms with Crippen LogP contribution in [0, 0.1) is 0 Å². The number of nitrogens with zero attached hydrogens (tertiary/aromatic N) is 1. The van der Waals surface area contributed by atoms with Gasteiger partial charge >= 0.3 is 6.18 Å². The highest BCUT2D eigenvalue weighted by molar-refractivity contribution is 6.00. The molecule has 0 aliphatic carbocycles. The van der Waals surface area contributed by atoms with Crippen molar-refractivity contribution in [1.82, 2.24) is 4.57 Å². The third-order valence-electron chi connectivity index (χ3n) is 1.78. The first kappa shape index (κ1) is 11.4. The molecule has 2 N–H and O–H groups in total. The topological polar surface area (TPSA) is 48.0 Å². The van der Waals surface area contributed by atoms with Crippen LogP contribution in [0.2, 0.25) is 0 Å². The summed E-state index contributed by atoms with van der Waals surface area (Å²) >= 11 is 0. The summed E-state index contributed by atoms with van der Waals surface area (Å²) in [7, 11) is 0. The SMILES string of the molecule is C=CCn1cc(C(=O)C(F)(F)F)cc1N. The van der Waals surface area contributed by atoms with Crippen LogP contribution in [0.1, 0.15) is 10.4 Å². The lowest BCUT2D eigenvalue weighted by molar-refractivity contribution is -0.0885. The number of anilines is 1. The maximum atomic E-state index is 12.0. The lowest BCUT2D eigenvalue weighted by Crippen LogP contribution is -2.22. The van der Waals surface area contributed by atoms with E-state index in [-0.39, 0.29) is 12.4 Å². The number of nitrogens with two attached hydrogens (primary N) is 1. The number of hydrogen-bond donors (Lipinski definition) is 1. The molecule has 0 aromatic carbocycles. The van der Waals surface area contributed by atoms with E-state index in [1.807, 2.05) is 0 Å². The smallest absolute Gasteiger partial charge is 0.385 e. The molecule has 0 fully saturated rings. The summed E-state index contributed by atoms with van der Waals surface area (Å²) < 4.78 is 37.4. The number of alkyl halides is 3. The Kier molecular flexibility index (Phi) is 2.88. The minimum atomic E-state index is -4.87. The van der Waals surface area contributed by atoms with Crippen molar-refractivity contribution in [2.75, 3.05) is 5.73 Å². The zero-order chi connectivity index (χ0) is 11.6. The maximum absolute atomic E-state index is 12.0. The number of carbonyl (C=O) groups is 1. The number of allylic oxidation sites excluding steroid dienone is 1. The van der Waals surface area contributed by atoms with E-state index < -0.39 is 17.5 Å². The minimum absolute atomic E-state index is 0.0995. The number of rotatable bonds is 3. The van der Waals surface area contributed by atoms with Crippen molar-refractivity contribution in [3.63, 3.8) is 0 Å². The fraction of sp³-hybridized carbons (Fsp3) is 0.222. The number of nitrogen functional groups attached to an aromatic ring is 1. The van der Waals surface area contributed by atoms with Crippen LogP contribution in [0.3, 0.4) is 0 Å². The van der Waals surface area contributed by atoms with Gasteiger partial charge in [0.05, 0.1) is 0 Å². The van der Waals surface area contributed by atoms with Gasteiger partial charge in [-0.15, -0.1) is 6.58 Å². The third kappa shape index (κ3) is 2.39. The monoisotopic (exact) mass is 218 g/mol. The Hall–Kier alpha value is -1.72. The van der Waals surface area contributed by atoms with Crippen LogP contribution in [0.5, 0.6) is 0 Å². The molecular formula is C9H9F3N2O. The predicted molar refractivity (Wildman–Crippen MR) is 49.4 cm³/mol. The molecule has 15 heavy (non-hydrogen) atoms. The molecule has 3 nitrogen and oxygen atoms in total. The molecule has 0 spiro atoms. The number of Topliss-reactive ketones (excluding diaryl/α,β-unsaturated/α-hetero) is 1. The Morgan fingerprint density at radius 2 is 2.20 bits per heavy atom. The first-order chi connectivity index (χ1) is 6.86. The van der Waals surface area contributed by atoms with E-state index in [2.05, 4.69) is 6.58 Å². The van der Waals surface area contributed by atoms with Gasteiger partial charge in [-0.05, 0) is 6.07 Å².